The van der Waals surface area contributed by atoms with Crippen molar-refractivity contribution < 1.29 is 23.0 Å². The van der Waals surface area contributed by atoms with Crippen molar-refractivity contribution in [3.8, 4) is 11.8 Å². The molecule has 4 nitrogen and oxygen atoms in total. The number of esters is 1. The van der Waals surface area contributed by atoms with E-state index in [9.17, 15) is 13.6 Å². The van der Waals surface area contributed by atoms with E-state index in [-0.39, 0.29) is 21.9 Å². The van der Waals surface area contributed by atoms with Gasteiger partial charge in [-0.05, 0) is 12.1 Å². The van der Waals surface area contributed by atoms with Crippen molar-refractivity contribution in [1.82, 2.24) is 0 Å². The first-order valence-corrected chi connectivity index (χ1v) is 4.64. The van der Waals surface area contributed by atoms with E-state index < -0.39 is 12.6 Å². The smallest absolute Gasteiger partial charge is 0.387 e. The third-order valence-corrected chi connectivity index (χ3v) is 2.21. The van der Waals surface area contributed by atoms with Crippen LogP contribution in [0.15, 0.2) is 12.1 Å². The van der Waals surface area contributed by atoms with Crippen molar-refractivity contribution in [2.24, 2.45) is 0 Å². The van der Waals surface area contributed by atoms with Crippen LogP contribution in [0.1, 0.15) is 15.9 Å². The lowest BCUT2D eigenvalue weighted by molar-refractivity contribution is -0.0497. The first-order chi connectivity index (χ1) is 8.01. The van der Waals surface area contributed by atoms with Crippen molar-refractivity contribution >= 4 is 17.6 Å². The molecule has 17 heavy (non-hydrogen) atoms. The summed E-state index contributed by atoms with van der Waals surface area (Å²) in [6.45, 7) is -3.07. The lowest BCUT2D eigenvalue weighted by atomic mass is 10.1. The van der Waals surface area contributed by atoms with Gasteiger partial charge in [0.1, 0.15) is 16.8 Å². The molecule has 1 aromatic carbocycles. The Labute approximate surface area is 100 Å². The number of hydrogen-bond acceptors (Lipinski definition) is 4. The second-order valence-corrected chi connectivity index (χ2v) is 3.16. The van der Waals surface area contributed by atoms with E-state index in [2.05, 4.69) is 9.47 Å². The van der Waals surface area contributed by atoms with E-state index in [1.54, 1.807) is 6.07 Å². The number of benzene rings is 1. The minimum Gasteiger partial charge on any atom is -0.465 e. The second-order valence-electron chi connectivity index (χ2n) is 2.78. The molecule has 0 spiro atoms. The van der Waals surface area contributed by atoms with Crippen molar-refractivity contribution in [1.29, 1.82) is 5.26 Å². The van der Waals surface area contributed by atoms with Crippen LogP contribution < -0.4 is 4.74 Å². The van der Waals surface area contributed by atoms with Crippen molar-refractivity contribution in [2.45, 2.75) is 6.61 Å². The minimum absolute atomic E-state index is 0.110. The van der Waals surface area contributed by atoms with Crippen molar-refractivity contribution in [3.05, 3.63) is 28.3 Å². The number of halogens is 3. The highest BCUT2D eigenvalue weighted by Crippen LogP contribution is 2.31. The molecule has 0 radical (unpaired) electrons. The summed E-state index contributed by atoms with van der Waals surface area (Å²) in [6.07, 6.45) is 0. The Bertz CT molecular complexity index is 485. The predicted molar refractivity (Wildman–Crippen MR) is 54.1 cm³/mol. The van der Waals surface area contributed by atoms with E-state index in [0.29, 0.717) is 0 Å². The van der Waals surface area contributed by atoms with Crippen LogP contribution >= 0.6 is 11.6 Å². The van der Waals surface area contributed by atoms with Crippen molar-refractivity contribution in [2.75, 3.05) is 7.11 Å². The molecule has 0 aromatic heterocycles. The second kappa shape index (κ2) is 5.46. The Morgan fingerprint density at radius 2 is 2.18 bits per heavy atom. The molecular formula is C10H6ClF2NO3. The fourth-order valence-corrected chi connectivity index (χ4v) is 1.38. The summed E-state index contributed by atoms with van der Waals surface area (Å²) < 4.78 is 32.5. The van der Waals surface area contributed by atoms with E-state index >= 15 is 0 Å². The van der Waals surface area contributed by atoms with Gasteiger partial charge < -0.3 is 9.47 Å². The molecule has 7 heteroatoms. The molecule has 90 valence electrons. The molecule has 0 saturated carbocycles. The first kappa shape index (κ1) is 13.2. The number of hydrogen-bond donors (Lipinski definition) is 0. The molecule has 0 heterocycles. The standard InChI is InChI=1S/C10H6ClF2NO3/c1-16-9(15)5-2-3-7(17-10(12)13)8(11)6(5)4-14/h2-3,10H,1H3. The van der Waals surface area contributed by atoms with Gasteiger partial charge in [0, 0.05) is 0 Å². The summed E-state index contributed by atoms with van der Waals surface area (Å²) in [5, 5.41) is 8.47. The van der Waals surface area contributed by atoms with Gasteiger partial charge in [-0.3, -0.25) is 0 Å². The number of methoxy groups -OCH3 is 1. The van der Waals surface area contributed by atoms with Gasteiger partial charge >= 0.3 is 12.6 Å². The summed E-state index contributed by atoms with van der Waals surface area (Å²) in [7, 11) is 1.13. The number of carbonyl (C=O) groups excluding carboxylic acids is 1. The summed E-state index contributed by atoms with van der Waals surface area (Å²) >= 11 is 5.67. The Morgan fingerprint density at radius 1 is 1.53 bits per heavy atom. The quantitative estimate of drug-likeness (QED) is 0.785. The van der Waals surface area contributed by atoms with Crippen LogP contribution in [0, 0.1) is 11.3 Å². The number of carbonyl (C=O) groups is 1. The fraction of sp³-hybridized carbons (Fsp3) is 0.200. The molecule has 0 bridgehead atoms. The minimum atomic E-state index is -3.07. The van der Waals surface area contributed by atoms with E-state index in [1.165, 1.54) is 0 Å². The monoisotopic (exact) mass is 261 g/mol. The molecule has 0 aliphatic carbocycles. The molecule has 1 rings (SSSR count). The molecule has 0 saturated heterocycles. The molecule has 0 atom stereocenters. The van der Waals surface area contributed by atoms with Gasteiger partial charge in [0.25, 0.3) is 0 Å². The van der Waals surface area contributed by atoms with E-state index in [1.807, 2.05) is 0 Å². The predicted octanol–water partition coefficient (Wildman–Crippen LogP) is 2.60. The molecule has 0 aliphatic heterocycles. The SMILES string of the molecule is COC(=O)c1ccc(OC(F)F)c(Cl)c1C#N. The van der Waals surface area contributed by atoms with Gasteiger partial charge in [0.05, 0.1) is 18.2 Å². The molecule has 0 amide bonds. The molecule has 0 unspecified atom stereocenters. The van der Waals surface area contributed by atoms with Gasteiger partial charge in [-0.15, -0.1) is 0 Å². The molecule has 1 aromatic rings. The van der Waals surface area contributed by atoms with Crippen LogP contribution in [0.3, 0.4) is 0 Å². The van der Waals surface area contributed by atoms with Gasteiger partial charge in [0.15, 0.2) is 0 Å². The maximum absolute atomic E-state index is 12.0. The average molecular weight is 262 g/mol. The van der Waals surface area contributed by atoms with Gasteiger partial charge in [-0.25, -0.2) is 4.79 Å². The third kappa shape index (κ3) is 2.82. The maximum Gasteiger partial charge on any atom is 0.387 e. The summed E-state index contributed by atoms with van der Waals surface area (Å²) in [5.74, 6) is -1.15. The normalized spacial score (nSPS) is 9.88. The van der Waals surface area contributed by atoms with Gasteiger partial charge in [-0.2, -0.15) is 14.0 Å². The third-order valence-electron chi connectivity index (χ3n) is 1.84. The number of rotatable bonds is 3. The van der Waals surface area contributed by atoms with Crippen LogP contribution in [0.2, 0.25) is 5.02 Å². The summed E-state index contributed by atoms with van der Waals surface area (Å²) in [4.78, 5) is 11.3. The van der Waals surface area contributed by atoms with E-state index in [0.717, 1.165) is 19.2 Å². The Hall–Kier alpha value is -1.87. The average Bonchev–Trinajstić information content (AvgIpc) is 2.30. The van der Waals surface area contributed by atoms with Gasteiger partial charge in [0.2, 0.25) is 0 Å². The van der Waals surface area contributed by atoms with Crippen LogP contribution in [0.5, 0.6) is 5.75 Å². The molecule has 0 N–H and O–H groups in total. The Balaban J connectivity index is 3.28. The van der Waals surface area contributed by atoms with Crippen LogP contribution in [-0.2, 0) is 4.74 Å². The van der Waals surface area contributed by atoms with Gasteiger partial charge in [-0.1, -0.05) is 11.6 Å². The summed E-state index contributed by atoms with van der Waals surface area (Å²) in [6, 6.07) is 3.84. The zero-order valence-electron chi connectivity index (χ0n) is 8.54. The topological polar surface area (TPSA) is 59.3 Å². The highest BCUT2D eigenvalue weighted by Gasteiger charge is 2.19. The largest absolute Gasteiger partial charge is 0.465 e. The lowest BCUT2D eigenvalue weighted by Crippen LogP contribution is -2.07. The fourth-order valence-electron chi connectivity index (χ4n) is 1.13. The maximum atomic E-state index is 12.0. The summed E-state index contributed by atoms with van der Waals surface area (Å²) in [5.41, 5.74) is -0.377. The Kier molecular flexibility index (Phi) is 4.24. The van der Waals surface area contributed by atoms with Crippen molar-refractivity contribution in [3.63, 3.8) is 0 Å². The Morgan fingerprint density at radius 3 is 2.65 bits per heavy atom. The number of alkyl halides is 2. The number of nitrogens with zero attached hydrogens (tertiary/aromatic N) is 1. The first-order valence-electron chi connectivity index (χ1n) is 4.27. The highest BCUT2D eigenvalue weighted by molar-refractivity contribution is 6.33. The zero-order valence-corrected chi connectivity index (χ0v) is 9.29. The highest BCUT2D eigenvalue weighted by atomic mass is 35.5. The zero-order chi connectivity index (χ0) is 13.0. The van der Waals surface area contributed by atoms with Crippen LogP contribution in [0.25, 0.3) is 0 Å². The molecule has 0 fully saturated rings. The van der Waals surface area contributed by atoms with E-state index in [4.69, 9.17) is 16.9 Å². The number of ether oxygens (including phenoxy) is 2. The van der Waals surface area contributed by atoms with Crippen LogP contribution in [-0.4, -0.2) is 19.7 Å². The lowest BCUT2D eigenvalue weighted by Gasteiger charge is -2.09. The number of nitriles is 1. The van der Waals surface area contributed by atoms with Crippen LogP contribution in [0.4, 0.5) is 8.78 Å². The molecular weight excluding hydrogens is 256 g/mol. The molecule has 0 aliphatic rings.